The molecule has 1 saturated heterocycles. The van der Waals surface area contributed by atoms with E-state index < -0.39 is 0 Å². The number of nitrogens with zero attached hydrogens (tertiary/aromatic N) is 3. The van der Waals surface area contributed by atoms with Crippen LogP contribution in [-0.2, 0) is 16.1 Å². The van der Waals surface area contributed by atoms with Gasteiger partial charge in [-0.3, -0.25) is 14.5 Å². The fourth-order valence-electron chi connectivity index (χ4n) is 4.39. The summed E-state index contributed by atoms with van der Waals surface area (Å²) in [6.45, 7) is 0.972. The molecule has 2 fully saturated rings. The molecule has 6 heteroatoms. The summed E-state index contributed by atoms with van der Waals surface area (Å²) in [4.78, 5) is 42.5. The number of rotatable bonds is 4. The number of benzene rings is 2. The second kappa shape index (κ2) is 7.03. The highest BCUT2D eigenvalue weighted by molar-refractivity contribution is 6.04. The van der Waals surface area contributed by atoms with E-state index in [2.05, 4.69) is 18.2 Å². The summed E-state index contributed by atoms with van der Waals surface area (Å²) in [5.74, 6) is -0.370. The van der Waals surface area contributed by atoms with E-state index in [-0.39, 0.29) is 42.9 Å². The maximum atomic E-state index is 13.1. The Morgan fingerprint density at radius 3 is 2.41 bits per heavy atom. The van der Waals surface area contributed by atoms with Gasteiger partial charge in [0.25, 0.3) is 5.91 Å². The van der Waals surface area contributed by atoms with Crippen molar-refractivity contribution in [2.75, 3.05) is 19.6 Å². The van der Waals surface area contributed by atoms with Gasteiger partial charge in [0.2, 0.25) is 5.91 Å². The maximum absolute atomic E-state index is 13.1. The summed E-state index contributed by atoms with van der Waals surface area (Å²) >= 11 is 0. The molecule has 6 nitrogen and oxygen atoms in total. The summed E-state index contributed by atoms with van der Waals surface area (Å²) in [6, 6.07) is 18.2. The first-order valence-corrected chi connectivity index (χ1v) is 10.1. The Labute approximate surface area is 169 Å². The standard InChI is InChI=1S/C23H23N3O3/c27-21(14-26-22(28)15-25(23(26)29)18-10-11-18)24-12-17-8-4-5-9-19(17)20(13-24)16-6-2-1-3-7-16/h1-9,18,20H,10-15H2. The van der Waals surface area contributed by atoms with Gasteiger partial charge in [0.1, 0.15) is 13.1 Å². The molecule has 1 atom stereocenters. The average Bonchev–Trinajstić information content (AvgIpc) is 3.56. The summed E-state index contributed by atoms with van der Waals surface area (Å²) in [5.41, 5.74) is 3.50. The first-order chi connectivity index (χ1) is 14.1. The van der Waals surface area contributed by atoms with Crippen molar-refractivity contribution >= 4 is 17.8 Å². The minimum atomic E-state index is -0.317. The van der Waals surface area contributed by atoms with Gasteiger partial charge in [-0.2, -0.15) is 0 Å². The number of hydrogen-bond acceptors (Lipinski definition) is 3. The fourth-order valence-corrected chi connectivity index (χ4v) is 4.39. The molecular weight excluding hydrogens is 366 g/mol. The first-order valence-electron chi connectivity index (χ1n) is 10.1. The van der Waals surface area contributed by atoms with Crippen molar-refractivity contribution in [1.82, 2.24) is 14.7 Å². The van der Waals surface area contributed by atoms with Gasteiger partial charge in [-0.1, -0.05) is 54.6 Å². The Kier molecular flexibility index (Phi) is 4.34. The Morgan fingerprint density at radius 2 is 1.66 bits per heavy atom. The van der Waals surface area contributed by atoms with Gasteiger partial charge in [0.15, 0.2) is 0 Å². The highest BCUT2D eigenvalue weighted by Gasteiger charge is 2.44. The molecule has 29 heavy (non-hydrogen) atoms. The van der Waals surface area contributed by atoms with Crippen molar-refractivity contribution in [3.8, 4) is 0 Å². The van der Waals surface area contributed by atoms with Crippen LogP contribution in [0.4, 0.5) is 4.79 Å². The molecule has 0 aromatic heterocycles. The van der Waals surface area contributed by atoms with Crippen molar-refractivity contribution in [1.29, 1.82) is 0 Å². The van der Waals surface area contributed by atoms with Gasteiger partial charge in [0, 0.05) is 25.0 Å². The van der Waals surface area contributed by atoms with Crippen LogP contribution in [0, 0.1) is 0 Å². The zero-order valence-corrected chi connectivity index (χ0v) is 16.2. The lowest BCUT2D eigenvalue weighted by atomic mass is 9.84. The van der Waals surface area contributed by atoms with E-state index >= 15 is 0 Å². The molecule has 2 aromatic carbocycles. The normalized spacial score (nSPS) is 21.5. The zero-order chi connectivity index (χ0) is 20.0. The van der Waals surface area contributed by atoms with Gasteiger partial charge in [-0.15, -0.1) is 0 Å². The van der Waals surface area contributed by atoms with Gasteiger partial charge in [-0.25, -0.2) is 4.79 Å². The van der Waals surface area contributed by atoms with Crippen LogP contribution in [0.5, 0.6) is 0 Å². The molecule has 3 aliphatic rings. The number of carbonyl (C=O) groups is 3. The highest BCUT2D eigenvalue weighted by Crippen LogP contribution is 2.34. The Hall–Kier alpha value is -3.15. The third kappa shape index (κ3) is 3.28. The number of hydrogen-bond donors (Lipinski definition) is 0. The molecule has 2 heterocycles. The SMILES string of the molecule is O=C(CN1C(=O)CN(C2CC2)C1=O)N1Cc2ccccc2C(c2ccccc2)C1. The summed E-state index contributed by atoms with van der Waals surface area (Å²) < 4.78 is 0. The van der Waals surface area contributed by atoms with E-state index in [1.807, 2.05) is 36.4 Å². The first kappa shape index (κ1) is 17.9. The molecule has 0 radical (unpaired) electrons. The molecule has 5 rings (SSSR count). The molecule has 0 N–H and O–H groups in total. The van der Waals surface area contributed by atoms with Gasteiger partial charge < -0.3 is 9.80 Å². The Bertz CT molecular complexity index is 970. The smallest absolute Gasteiger partial charge is 0.327 e. The maximum Gasteiger partial charge on any atom is 0.327 e. The van der Waals surface area contributed by atoms with Crippen LogP contribution in [0.15, 0.2) is 54.6 Å². The molecule has 0 bridgehead atoms. The lowest BCUT2D eigenvalue weighted by molar-refractivity contribution is -0.137. The molecule has 148 valence electrons. The fraction of sp³-hybridized carbons (Fsp3) is 0.348. The highest BCUT2D eigenvalue weighted by atomic mass is 16.2. The molecule has 4 amide bonds. The third-order valence-corrected chi connectivity index (χ3v) is 6.11. The van der Waals surface area contributed by atoms with Gasteiger partial charge in [-0.05, 0) is 29.5 Å². The molecule has 2 aromatic rings. The predicted octanol–water partition coefficient (Wildman–Crippen LogP) is 2.59. The van der Waals surface area contributed by atoms with Crippen molar-refractivity contribution in [3.63, 3.8) is 0 Å². The van der Waals surface area contributed by atoms with Gasteiger partial charge >= 0.3 is 6.03 Å². The summed E-state index contributed by atoms with van der Waals surface area (Å²) in [7, 11) is 0. The van der Waals surface area contributed by atoms with Crippen LogP contribution in [-0.4, -0.2) is 58.2 Å². The third-order valence-electron chi connectivity index (χ3n) is 6.11. The average molecular weight is 389 g/mol. The Morgan fingerprint density at radius 1 is 0.931 bits per heavy atom. The van der Waals surface area contributed by atoms with Crippen LogP contribution < -0.4 is 0 Å². The van der Waals surface area contributed by atoms with E-state index in [1.54, 1.807) is 9.80 Å². The second-order valence-electron chi connectivity index (χ2n) is 8.06. The predicted molar refractivity (Wildman–Crippen MR) is 107 cm³/mol. The van der Waals surface area contributed by atoms with Crippen molar-refractivity contribution in [3.05, 3.63) is 71.3 Å². The molecule has 1 unspecified atom stereocenters. The number of urea groups is 1. The minimum Gasteiger partial charge on any atom is -0.336 e. The van der Waals surface area contributed by atoms with Crippen LogP contribution >= 0.6 is 0 Å². The zero-order valence-electron chi connectivity index (χ0n) is 16.2. The second-order valence-corrected chi connectivity index (χ2v) is 8.06. The van der Waals surface area contributed by atoms with Crippen molar-refractivity contribution in [2.24, 2.45) is 0 Å². The van der Waals surface area contributed by atoms with Crippen LogP contribution in [0.3, 0.4) is 0 Å². The van der Waals surface area contributed by atoms with E-state index in [9.17, 15) is 14.4 Å². The number of amides is 4. The van der Waals surface area contributed by atoms with E-state index in [0.717, 1.165) is 28.9 Å². The van der Waals surface area contributed by atoms with Crippen molar-refractivity contribution < 1.29 is 14.4 Å². The summed E-state index contributed by atoms with van der Waals surface area (Å²) in [6.07, 6.45) is 1.89. The number of fused-ring (bicyclic) bond motifs is 1. The molecule has 2 aliphatic heterocycles. The van der Waals surface area contributed by atoms with E-state index in [4.69, 9.17) is 0 Å². The largest absolute Gasteiger partial charge is 0.336 e. The van der Waals surface area contributed by atoms with Crippen LogP contribution in [0.2, 0.25) is 0 Å². The number of carbonyl (C=O) groups excluding carboxylic acids is 3. The number of imide groups is 1. The molecular formula is C23H23N3O3. The van der Waals surface area contributed by atoms with Gasteiger partial charge in [0.05, 0.1) is 0 Å². The van der Waals surface area contributed by atoms with Crippen LogP contribution in [0.1, 0.15) is 35.4 Å². The van der Waals surface area contributed by atoms with E-state index in [0.29, 0.717) is 13.1 Å². The lowest BCUT2D eigenvalue weighted by Crippen LogP contribution is -2.46. The van der Waals surface area contributed by atoms with Crippen molar-refractivity contribution in [2.45, 2.75) is 31.3 Å². The van der Waals surface area contributed by atoms with Crippen LogP contribution in [0.25, 0.3) is 0 Å². The molecule has 1 aliphatic carbocycles. The summed E-state index contributed by atoms with van der Waals surface area (Å²) in [5, 5.41) is 0. The Balaban J connectivity index is 1.36. The molecule has 0 spiro atoms. The molecule has 1 saturated carbocycles. The monoisotopic (exact) mass is 389 g/mol. The topological polar surface area (TPSA) is 60.9 Å². The van der Waals surface area contributed by atoms with E-state index in [1.165, 1.54) is 5.56 Å². The quantitative estimate of drug-likeness (QED) is 0.755. The minimum absolute atomic E-state index is 0.0815. The lowest BCUT2D eigenvalue weighted by Gasteiger charge is -2.35.